The first kappa shape index (κ1) is 24.6. The van der Waals surface area contributed by atoms with Crippen LogP contribution in [0.3, 0.4) is 0 Å². The van der Waals surface area contributed by atoms with Gasteiger partial charge in [-0.25, -0.2) is 0 Å². The van der Waals surface area contributed by atoms with E-state index in [1.54, 1.807) is 30.4 Å². The van der Waals surface area contributed by atoms with Crippen molar-refractivity contribution >= 4 is 29.5 Å². The number of allylic oxidation sites excluding steroid dienone is 1. The van der Waals surface area contributed by atoms with Crippen LogP contribution in [0.5, 0.6) is 11.5 Å². The second-order valence-corrected chi connectivity index (χ2v) is 7.83. The number of nitrogens with two attached hydrogens (primary N) is 2. The van der Waals surface area contributed by atoms with Crippen LogP contribution in [0.1, 0.15) is 47.2 Å². The van der Waals surface area contributed by atoms with Crippen LogP contribution in [0.4, 0.5) is 11.4 Å². The third kappa shape index (κ3) is 7.52. The largest absolute Gasteiger partial charge is 0.494 e. The van der Waals surface area contributed by atoms with E-state index in [0.29, 0.717) is 35.9 Å². The Balaban J connectivity index is 1.31. The van der Waals surface area contributed by atoms with Gasteiger partial charge in [-0.05, 0) is 61.6 Å². The van der Waals surface area contributed by atoms with E-state index in [2.05, 4.69) is 0 Å². The van der Waals surface area contributed by atoms with E-state index < -0.39 is 0 Å². The van der Waals surface area contributed by atoms with Crippen molar-refractivity contribution in [3.05, 3.63) is 89.5 Å². The predicted octanol–water partition coefficient (Wildman–Crippen LogP) is 5.22. The molecule has 0 saturated carbocycles. The Labute approximate surface area is 200 Å². The van der Waals surface area contributed by atoms with Gasteiger partial charge in [-0.1, -0.05) is 48.5 Å². The minimum Gasteiger partial charge on any atom is -0.494 e. The molecule has 0 bridgehead atoms. The zero-order valence-electron chi connectivity index (χ0n) is 19.0. The van der Waals surface area contributed by atoms with Gasteiger partial charge >= 0.3 is 0 Å². The highest BCUT2D eigenvalue weighted by atomic mass is 16.5. The fraction of sp³-hybridized carbons (Fsp3) is 0.214. The highest BCUT2D eigenvalue weighted by molar-refractivity contribution is 6.06. The van der Waals surface area contributed by atoms with Gasteiger partial charge in [0.2, 0.25) is 6.29 Å². The molecule has 0 amide bonds. The number of hydrogen-bond donors (Lipinski definition) is 2. The molecule has 0 saturated heterocycles. The van der Waals surface area contributed by atoms with Crippen molar-refractivity contribution in [3.8, 4) is 11.5 Å². The topological polar surface area (TPSA) is 105 Å². The zero-order valence-corrected chi connectivity index (χ0v) is 19.0. The zero-order chi connectivity index (χ0) is 24.2. The summed E-state index contributed by atoms with van der Waals surface area (Å²) in [5.41, 5.74) is 14.2. The minimum atomic E-state index is -0.0224. The summed E-state index contributed by atoms with van der Waals surface area (Å²) in [4.78, 5) is 23.2. The highest BCUT2D eigenvalue weighted by Gasteiger charge is 2.09. The second-order valence-electron chi connectivity index (χ2n) is 7.83. The van der Waals surface area contributed by atoms with Crippen molar-refractivity contribution in [3.63, 3.8) is 0 Å². The molecule has 1 radical (unpaired) electrons. The van der Waals surface area contributed by atoms with Crippen molar-refractivity contribution in [1.29, 1.82) is 0 Å². The maximum atomic E-state index is 12.1. The number of ketones is 1. The number of hydrogen-bond acceptors (Lipinski definition) is 6. The van der Waals surface area contributed by atoms with Gasteiger partial charge in [0.25, 0.3) is 0 Å². The molecule has 0 spiro atoms. The Bertz CT molecular complexity index is 1110. The molecular formula is C28H29N2O4. The van der Waals surface area contributed by atoms with E-state index >= 15 is 0 Å². The molecule has 3 aromatic carbocycles. The van der Waals surface area contributed by atoms with E-state index in [1.807, 2.05) is 48.8 Å². The normalized spacial score (nSPS) is 10.8. The molecular weight excluding hydrogens is 428 g/mol. The Morgan fingerprint density at radius 3 is 2.21 bits per heavy atom. The molecule has 0 heterocycles. The number of anilines is 2. The van der Waals surface area contributed by atoms with Gasteiger partial charge in [0.15, 0.2) is 11.5 Å². The van der Waals surface area contributed by atoms with E-state index in [4.69, 9.17) is 20.9 Å². The predicted molar refractivity (Wildman–Crippen MR) is 136 cm³/mol. The first-order valence-corrected chi connectivity index (χ1v) is 11.3. The number of carbonyl (C=O) groups is 1. The lowest BCUT2D eigenvalue weighted by Gasteiger charge is -2.11. The molecule has 0 aliphatic rings. The van der Waals surface area contributed by atoms with Crippen LogP contribution in [-0.4, -0.2) is 25.3 Å². The average Bonchev–Trinajstić information content (AvgIpc) is 2.86. The van der Waals surface area contributed by atoms with Crippen molar-refractivity contribution in [2.45, 2.75) is 25.7 Å². The molecule has 6 nitrogen and oxygen atoms in total. The number of unbranched alkanes of at least 4 members (excludes halogenated alkanes) is 3. The highest BCUT2D eigenvalue weighted by Crippen LogP contribution is 2.28. The molecule has 6 heteroatoms. The molecule has 4 N–H and O–H groups in total. The Morgan fingerprint density at radius 2 is 1.53 bits per heavy atom. The third-order valence-corrected chi connectivity index (χ3v) is 5.17. The first-order valence-electron chi connectivity index (χ1n) is 11.3. The summed E-state index contributed by atoms with van der Waals surface area (Å²) in [6.07, 6.45) is 8.92. The van der Waals surface area contributed by atoms with E-state index in [1.165, 1.54) is 6.07 Å². The standard InChI is InChI=1S/C28H29N2O4/c29-24-18-23(20-31)28(26(30)19-24)34-17-7-2-1-6-16-33-25-13-10-21(11-14-25)12-15-27(32)22-8-4-3-5-9-22/h3-5,8-15,18-19H,1-2,6-7,16-17,29-30H2. The number of carbonyl (C=O) groups excluding carboxylic acids is 2. The fourth-order valence-electron chi connectivity index (χ4n) is 3.38. The lowest BCUT2D eigenvalue weighted by molar-refractivity contribution is 0.104. The SMILES string of the molecule is Nc1cc(N)c(OCCCCCCOc2ccc(C=CC(=O)c3ccccc3)cc2)c([C]=O)c1. The van der Waals surface area contributed by atoms with Gasteiger partial charge in [0.1, 0.15) is 5.75 Å². The van der Waals surface area contributed by atoms with E-state index in [0.717, 1.165) is 37.0 Å². The lowest BCUT2D eigenvalue weighted by Crippen LogP contribution is -2.05. The molecule has 0 aliphatic heterocycles. The molecule has 0 aliphatic carbocycles. The molecule has 3 rings (SSSR count). The van der Waals surface area contributed by atoms with Gasteiger partial charge in [0.05, 0.1) is 24.5 Å². The summed E-state index contributed by atoms with van der Waals surface area (Å²) in [7, 11) is 0. The van der Waals surface area contributed by atoms with Gasteiger partial charge < -0.3 is 20.9 Å². The molecule has 0 unspecified atom stereocenters. The van der Waals surface area contributed by atoms with Gasteiger partial charge in [-0.3, -0.25) is 9.59 Å². The summed E-state index contributed by atoms with van der Waals surface area (Å²) >= 11 is 0. The number of benzene rings is 3. The van der Waals surface area contributed by atoms with Gasteiger partial charge in [-0.15, -0.1) is 0 Å². The Hall–Kier alpha value is -4.06. The van der Waals surface area contributed by atoms with Crippen LogP contribution in [0, 0.1) is 0 Å². The van der Waals surface area contributed by atoms with Crippen LogP contribution in [0.15, 0.2) is 72.8 Å². The fourth-order valence-corrected chi connectivity index (χ4v) is 3.38. The molecule has 0 fully saturated rings. The van der Waals surface area contributed by atoms with E-state index in [-0.39, 0.29) is 11.3 Å². The van der Waals surface area contributed by atoms with Crippen molar-refractivity contribution in [1.82, 2.24) is 0 Å². The lowest BCUT2D eigenvalue weighted by atomic mass is 10.1. The summed E-state index contributed by atoms with van der Waals surface area (Å²) in [6, 6.07) is 19.9. The number of nitrogen functional groups attached to an aromatic ring is 2. The van der Waals surface area contributed by atoms with Crippen LogP contribution < -0.4 is 20.9 Å². The monoisotopic (exact) mass is 457 g/mol. The summed E-state index contributed by atoms with van der Waals surface area (Å²) in [6.45, 7) is 1.09. The van der Waals surface area contributed by atoms with Gasteiger partial charge in [-0.2, -0.15) is 0 Å². The second kappa shape index (κ2) is 12.8. The van der Waals surface area contributed by atoms with Crippen LogP contribution in [0.25, 0.3) is 6.08 Å². The Kier molecular flexibility index (Phi) is 9.29. The smallest absolute Gasteiger partial charge is 0.237 e. The molecule has 175 valence electrons. The maximum absolute atomic E-state index is 12.1. The van der Waals surface area contributed by atoms with Crippen LogP contribution in [0.2, 0.25) is 0 Å². The summed E-state index contributed by atoms with van der Waals surface area (Å²) in [5, 5.41) is 0. The van der Waals surface area contributed by atoms with Crippen LogP contribution in [-0.2, 0) is 4.79 Å². The number of rotatable bonds is 13. The third-order valence-electron chi connectivity index (χ3n) is 5.17. The average molecular weight is 458 g/mol. The first-order chi connectivity index (χ1) is 16.6. The summed E-state index contributed by atoms with van der Waals surface area (Å²) < 4.78 is 11.5. The molecule has 34 heavy (non-hydrogen) atoms. The maximum Gasteiger partial charge on any atom is 0.237 e. The van der Waals surface area contributed by atoms with Crippen LogP contribution >= 0.6 is 0 Å². The number of ether oxygens (including phenoxy) is 2. The molecule has 0 aromatic heterocycles. The van der Waals surface area contributed by atoms with Crippen molar-refractivity contribution in [2.75, 3.05) is 24.7 Å². The summed E-state index contributed by atoms with van der Waals surface area (Å²) in [5.74, 6) is 1.12. The van der Waals surface area contributed by atoms with Crippen molar-refractivity contribution < 1.29 is 19.1 Å². The Morgan fingerprint density at radius 1 is 0.853 bits per heavy atom. The van der Waals surface area contributed by atoms with Gasteiger partial charge in [0, 0.05) is 11.3 Å². The van der Waals surface area contributed by atoms with E-state index in [9.17, 15) is 9.59 Å². The minimum absolute atomic E-state index is 0.0224. The molecule has 0 atom stereocenters. The molecule has 3 aromatic rings. The quantitative estimate of drug-likeness (QED) is 0.158. The van der Waals surface area contributed by atoms with Crippen molar-refractivity contribution in [2.24, 2.45) is 0 Å².